The van der Waals surface area contributed by atoms with E-state index >= 15 is 0 Å². The minimum absolute atomic E-state index is 0.517. The predicted molar refractivity (Wildman–Crippen MR) is 64.1 cm³/mol. The van der Waals surface area contributed by atoms with Crippen LogP contribution in [0.2, 0.25) is 0 Å². The van der Waals surface area contributed by atoms with Crippen molar-refractivity contribution >= 4 is 24.4 Å². The maximum absolute atomic E-state index is 4.45. The molecule has 0 atom stereocenters. The van der Waals surface area contributed by atoms with Crippen molar-refractivity contribution in [3.63, 3.8) is 0 Å². The Morgan fingerprint density at radius 2 is 2.43 bits per heavy atom. The molecular formula is C10H16N2S2. The third kappa shape index (κ3) is 2.11. The van der Waals surface area contributed by atoms with Gasteiger partial charge in [0.1, 0.15) is 0 Å². The Labute approximate surface area is 94.9 Å². The average molecular weight is 228 g/mol. The van der Waals surface area contributed by atoms with Crippen LogP contribution in [0, 0.1) is 5.41 Å². The summed E-state index contributed by atoms with van der Waals surface area (Å²) in [5.41, 5.74) is 0.517. The van der Waals surface area contributed by atoms with Gasteiger partial charge >= 0.3 is 0 Å². The van der Waals surface area contributed by atoms with Crippen molar-refractivity contribution in [2.24, 2.45) is 12.5 Å². The van der Waals surface area contributed by atoms with Gasteiger partial charge in [0, 0.05) is 23.9 Å². The number of aryl methyl sites for hydroxylation is 1. The standard InChI is InChI=1S/C10H16N2S2/c1-12-6-9(5-11-12)14-8-10(7-13)3-2-4-10/h5-6,13H,2-4,7-8H2,1H3. The van der Waals surface area contributed by atoms with Crippen molar-refractivity contribution in [3.8, 4) is 0 Å². The fourth-order valence-corrected chi connectivity index (χ4v) is 3.53. The van der Waals surface area contributed by atoms with Gasteiger partial charge in [0.2, 0.25) is 0 Å². The van der Waals surface area contributed by atoms with E-state index < -0.39 is 0 Å². The van der Waals surface area contributed by atoms with Crippen molar-refractivity contribution in [2.75, 3.05) is 11.5 Å². The van der Waals surface area contributed by atoms with Crippen molar-refractivity contribution in [1.29, 1.82) is 0 Å². The second-order valence-electron chi connectivity index (χ2n) is 4.15. The summed E-state index contributed by atoms with van der Waals surface area (Å²) >= 11 is 6.37. The number of thiol groups is 1. The molecule has 14 heavy (non-hydrogen) atoms. The van der Waals surface area contributed by atoms with Crippen LogP contribution in [-0.2, 0) is 7.05 Å². The molecule has 2 nitrogen and oxygen atoms in total. The monoisotopic (exact) mass is 228 g/mol. The number of hydrogen-bond acceptors (Lipinski definition) is 3. The summed E-state index contributed by atoms with van der Waals surface area (Å²) in [7, 11) is 1.96. The van der Waals surface area contributed by atoms with Crippen molar-refractivity contribution < 1.29 is 0 Å². The summed E-state index contributed by atoms with van der Waals surface area (Å²) in [5.74, 6) is 2.22. The van der Waals surface area contributed by atoms with Crippen molar-refractivity contribution in [3.05, 3.63) is 12.4 Å². The van der Waals surface area contributed by atoms with E-state index in [2.05, 4.69) is 23.9 Å². The molecule has 2 rings (SSSR count). The van der Waals surface area contributed by atoms with Gasteiger partial charge in [-0.25, -0.2) is 0 Å². The van der Waals surface area contributed by atoms with Gasteiger partial charge in [-0.05, 0) is 24.0 Å². The first-order chi connectivity index (χ1) is 6.74. The maximum atomic E-state index is 4.45. The Balaban J connectivity index is 1.87. The van der Waals surface area contributed by atoms with E-state index in [1.807, 2.05) is 29.7 Å². The van der Waals surface area contributed by atoms with E-state index in [1.54, 1.807) is 0 Å². The lowest BCUT2D eigenvalue weighted by atomic mass is 9.72. The lowest BCUT2D eigenvalue weighted by Crippen LogP contribution is -2.33. The van der Waals surface area contributed by atoms with Gasteiger partial charge < -0.3 is 0 Å². The number of aromatic nitrogens is 2. The number of nitrogens with zero attached hydrogens (tertiary/aromatic N) is 2. The van der Waals surface area contributed by atoms with E-state index in [1.165, 1.54) is 29.9 Å². The second kappa shape index (κ2) is 4.19. The molecule has 1 aromatic heterocycles. The largest absolute Gasteiger partial charge is 0.275 e. The highest BCUT2D eigenvalue weighted by atomic mass is 32.2. The van der Waals surface area contributed by atoms with Crippen LogP contribution in [0.15, 0.2) is 17.3 Å². The highest BCUT2D eigenvalue weighted by molar-refractivity contribution is 7.99. The van der Waals surface area contributed by atoms with Gasteiger partial charge in [0.15, 0.2) is 0 Å². The SMILES string of the molecule is Cn1cc(SCC2(CS)CCC2)cn1. The number of thioether (sulfide) groups is 1. The van der Waals surface area contributed by atoms with Gasteiger partial charge in [-0.3, -0.25) is 4.68 Å². The maximum Gasteiger partial charge on any atom is 0.0625 e. The van der Waals surface area contributed by atoms with E-state index in [4.69, 9.17) is 0 Å². The van der Waals surface area contributed by atoms with Crippen LogP contribution in [0.5, 0.6) is 0 Å². The molecule has 1 heterocycles. The van der Waals surface area contributed by atoms with E-state index in [0.29, 0.717) is 5.41 Å². The van der Waals surface area contributed by atoms with E-state index in [9.17, 15) is 0 Å². The molecule has 0 radical (unpaired) electrons. The summed E-state index contributed by atoms with van der Waals surface area (Å²) in [6, 6.07) is 0. The Hall–Kier alpha value is -0.0900. The third-order valence-corrected chi connectivity index (χ3v) is 4.95. The van der Waals surface area contributed by atoms with E-state index in [0.717, 1.165) is 5.75 Å². The van der Waals surface area contributed by atoms with Crippen LogP contribution < -0.4 is 0 Å². The Kier molecular flexibility index (Phi) is 3.12. The smallest absolute Gasteiger partial charge is 0.0625 e. The van der Waals surface area contributed by atoms with Crippen LogP contribution in [0.1, 0.15) is 19.3 Å². The summed E-state index contributed by atoms with van der Waals surface area (Å²) < 4.78 is 1.86. The third-order valence-electron chi connectivity index (χ3n) is 2.98. The molecule has 1 aliphatic rings. The summed E-state index contributed by atoms with van der Waals surface area (Å²) in [6.45, 7) is 0. The fourth-order valence-electron chi connectivity index (χ4n) is 1.73. The molecule has 0 spiro atoms. The van der Waals surface area contributed by atoms with Crippen LogP contribution in [0.25, 0.3) is 0 Å². The number of hydrogen-bond donors (Lipinski definition) is 1. The van der Waals surface area contributed by atoms with Gasteiger partial charge in [-0.15, -0.1) is 11.8 Å². The molecule has 1 saturated carbocycles. The zero-order valence-corrected chi connectivity index (χ0v) is 10.2. The molecule has 0 bridgehead atoms. The number of rotatable bonds is 4. The lowest BCUT2D eigenvalue weighted by Gasteiger charge is -2.40. The molecule has 4 heteroatoms. The molecular weight excluding hydrogens is 212 g/mol. The van der Waals surface area contributed by atoms with Gasteiger partial charge in [-0.2, -0.15) is 17.7 Å². The zero-order chi connectivity index (χ0) is 10.0. The van der Waals surface area contributed by atoms with Crippen molar-refractivity contribution in [2.45, 2.75) is 24.2 Å². The van der Waals surface area contributed by atoms with Crippen LogP contribution in [0.4, 0.5) is 0 Å². The van der Waals surface area contributed by atoms with Crippen molar-refractivity contribution in [1.82, 2.24) is 9.78 Å². The second-order valence-corrected chi connectivity index (χ2v) is 5.52. The average Bonchev–Trinajstić information content (AvgIpc) is 2.50. The first kappa shape index (κ1) is 10.4. The van der Waals surface area contributed by atoms with Gasteiger partial charge in [0.25, 0.3) is 0 Å². The lowest BCUT2D eigenvalue weighted by molar-refractivity contribution is 0.205. The molecule has 0 saturated heterocycles. The highest BCUT2D eigenvalue weighted by Gasteiger charge is 2.35. The molecule has 1 aromatic rings. The molecule has 0 aliphatic heterocycles. The Morgan fingerprint density at radius 3 is 2.86 bits per heavy atom. The molecule has 78 valence electrons. The summed E-state index contributed by atoms with van der Waals surface area (Å²) in [4.78, 5) is 1.28. The Morgan fingerprint density at radius 1 is 1.64 bits per heavy atom. The first-order valence-electron chi connectivity index (χ1n) is 4.96. The molecule has 0 unspecified atom stereocenters. The van der Waals surface area contributed by atoms with Crippen LogP contribution in [0.3, 0.4) is 0 Å². The zero-order valence-electron chi connectivity index (χ0n) is 8.44. The fraction of sp³-hybridized carbons (Fsp3) is 0.700. The normalized spacial score (nSPS) is 19.3. The quantitative estimate of drug-likeness (QED) is 0.630. The molecule has 1 aliphatic carbocycles. The molecule has 0 aromatic carbocycles. The first-order valence-corrected chi connectivity index (χ1v) is 6.58. The predicted octanol–water partition coefficient (Wildman–Crippen LogP) is 2.61. The van der Waals surface area contributed by atoms with Crippen LogP contribution >= 0.6 is 24.4 Å². The van der Waals surface area contributed by atoms with Gasteiger partial charge in [-0.1, -0.05) is 6.42 Å². The molecule has 0 N–H and O–H groups in total. The molecule has 1 fully saturated rings. The minimum Gasteiger partial charge on any atom is -0.275 e. The topological polar surface area (TPSA) is 17.8 Å². The van der Waals surface area contributed by atoms with E-state index in [-0.39, 0.29) is 0 Å². The Bertz CT molecular complexity index is 299. The minimum atomic E-state index is 0.517. The molecule has 0 amide bonds. The summed E-state index contributed by atoms with van der Waals surface area (Å²) in [6.07, 6.45) is 8.10. The van der Waals surface area contributed by atoms with Gasteiger partial charge in [0.05, 0.1) is 6.20 Å². The van der Waals surface area contributed by atoms with Crippen LogP contribution in [-0.4, -0.2) is 21.3 Å². The summed E-state index contributed by atoms with van der Waals surface area (Å²) in [5, 5.41) is 4.16. The highest BCUT2D eigenvalue weighted by Crippen LogP contribution is 2.45.